The number of aromatic nitrogens is 2. The van der Waals surface area contributed by atoms with Crippen LogP contribution in [-0.2, 0) is 6.54 Å². The number of fused-ring (bicyclic) bond motifs is 1. The van der Waals surface area contributed by atoms with Crippen molar-refractivity contribution in [1.29, 1.82) is 0 Å². The van der Waals surface area contributed by atoms with Crippen LogP contribution in [0.5, 0.6) is 0 Å². The average molecular weight is 278 g/mol. The Morgan fingerprint density at radius 1 is 0.952 bits per heavy atom. The Hall–Kier alpha value is -2.62. The normalized spacial score (nSPS) is 10.6. The zero-order chi connectivity index (χ0) is 14.7. The van der Waals surface area contributed by atoms with Crippen LogP contribution in [0.15, 0.2) is 48.8 Å². The van der Waals surface area contributed by atoms with E-state index in [1.54, 1.807) is 6.33 Å². The minimum absolute atomic E-state index is 0.738. The third-order valence-corrected chi connectivity index (χ3v) is 3.65. The van der Waals surface area contributed by atoms with Crippen molar-refractivity contribution in [3.63, 3.8) is 0 Å². The van der Waals surface area contributed by atoms with Gasteiger partial charge in [0.1, 0.15) is 18.0 Å². The molecular formula is C17H18N4. The first-order valence-electron chi connectivity index (χ1n) is 6.99. The molecule has 0 spiro atoms. The second-order valence-corrected chi connectivity index (χ2v) is 4.94. The second-order valence-electron chi connectivity index (χ2n) is 4.94. The van der Waals surface area contributed by atoms with E-state index in [0.717, 1.165) is 23.7 Å². The molecule has 2 aromatic carbocycles. The molecule has 0 radical (unpaired) electrons. The van der Waals surface area contributed by atoms with Gasteiger partial charge in [0.05, 0.1) is 0 Å². The van der Waals surface area contributed by atoms with E-state index in [1.807, 2.05) is 14.0 Å². The van der Waals surface area contributed by atoms with Gasteiger partial charge in [-0.25, -0.2) is 9.97 Å². The minimum Gasteiger partial charge on any atom is -0.373 e. The molecule has 0 bridgehead atoms. The number of hydrogen-bond acceptors (Lipinski definition) is 4. The fourth-order valence-electron chi connectivity index (χ4n) is 2.51. The lowest BCUT2D eigenvalue weighted by atomic mass is 10.0. The SMILES string of the molecule is CNc1ncnc(NCc2cccc3ccccc23)c1C. The molecule has 3 aromatic rings. The fraction of sp³-hybridized carbons (Fsp3) is 0.176. The van der Waals surface area contributed by atoms with E-state index in [4.69, 9.17) is 0 Å². The lowest BCUT2D eigenvalue weighted by Gasteiger charge is -2.12. The highest BCUT2D eigenvalue weighted by molar-refractivity contribution is 5.85. The summed E-state index contributed by atoms with van der Waals surface area (Å²) < 4.78 is 0. The third-order valence-electron chi connectivity index (χ3n) is 3.65. The quantitative estimate of drug-likeness (QED) is 0.765. The Bertz CT molecular complexity index is 762. The molecular weight excluding hydrogens is 260 g/mol. The van der Waals surface area contributed by atoms with Crippen LogP contribution in [0, 0.1) is 6.92 Å². The number of hydrogen-bond donors (Lipinski definition) is 2. The summed E-state index contributed by atoms with van der Waals surface area (Å²) in [6, 6.07) is 14.8. The van der Waals surface area contributed by atoms with Gasteiger partial charge in [-0.3, -0.25) is 0 Å². The summed E-state index contributed by atoms with van der Waals surface area (Å²) in [6.45, 7) is 2.75. The molecule has 0 aliphatic rings. The molecule has 1 heterocycles. The topological polar surface area (TPSA) is 49.8 Å². The van der Waals surface area contributed by atoms with Gasteiger partial charge in [-0.05, 0) is 23.3 Å². The first kappa shape index (κ1) is 13.4. The van der Waals surface area contributed by atoms with Gasteiger partial charge in [-0.2, -0.15) is 0 Å². The minimum atomic E-state index is 0.738. The van der Waals surface area contributed by atoms with Crippen LogP contribution in [0.1, 0.15) is 11.1 Å². The van der Waals surface area contributed by atoms with Gasteiger partial charge in [-0.15, -0.1) is 0 Å². The Morgan fingerprint density at radius 2 is 1.71 bits per heavy atom. The summed E-state index contributed by atoms with van der Waals surface area (Å²) in [5.74, 6) is 1.72. The van der Waals surface area contributed by atoms with E-state index in [-0.39, 0.29) is 0 Å². The van der Waals surface area contributed by atoms with E-state index in [0.29, 0.717) is 0 Å². The Morgan fingerprint density at radius 3 is 2.57 bits per heavy atom. The van der Waals surface area contributed by atoms with Crippen LogP contribution in [0.3, 0.4) is 0 Å². The standard InChI is InChI=1S/C17H18N4/c1-12-16(18-2)20-11-21-17(12)19-10-14-8-5-7-13-6-3-4-9-15(13)14/h3-9,11H,10H2,1-2H3,(H2,18,19,20,21). The highest BCUT2D eigenvalue weighted by atomic mass is 15.1. The van der Waals surface area contributed by atoms with Gasteiger partial charge in [0.15, 0.2) is 0 Å². The number of nitrogens with zero attached hydrogens (tertiary/aromatic N) is 2. The lowest BCUT2D eigenvalue weighted by Crippen LogP contribution is -2.06. The van der Waals surface area contributed by atoms with Crippen LogP contribution in [-0.4, -0.2) is 17.0 Å². The molecule has 2 N–H and O–H groups in total. The van der Waals surface area contributed by atoms with Crippen LogP contribution in [0.25, 0.3) is 10.8 Å². The maximum absolute atomic E-state index is 4.32. The molecule has 0 saturated heterocycles. The van der Waals surface area contributed by atoms with Crippen molar-refractivity contribution in [1.82, 2.24) is 9.97 Å². The largest absolute Gasteiger partial charge is 0.373 e. The van der Waals surface area contributed by atoms with Crippen molar-refractivity contribution in [2.45, 2.75) is 13.5 Å². The zero-order valence-electron chi connectivity index (χ0n) is 12.2. The fourth-order valence-corrected chi connectivity index (χ4v) is 2.51. The van der Waals surface area contributed by atoms with Gasteiger partial charge >= 0.3 is 0 Å². The Balaban J connectivity index is 1.87. The maximum Gasteiger partial charge on any atom is 0.134 e. The maximum atomic E-state index is 4.32. The molecule has 0 atom stereocenters. The summed E-state index contributed by atoms with van der Waals surface area (Å²) in [5, 5.41) is 9.01. The summed E-state index contributed by atoms with van der Waals surface area (Å²) in [4.78, 5) is 8.52. The van der Waals surface area contributed by atoms with E-state index in [2.05, 4.69) is 63.1 Å². The molecule has 0 aliphatic heterocycles. The van der Waals surface area contributed by atoms with E-state index in [1.165, 1.54) is 16.3 Å². The number of anilines is 2. The molecule has 0 saturated carbocycles. The second kappa shape index (κ2) is 5.79. The Kier molecular flexibility index (Phi) is 3.69. The highest BCUT2D eigenvalue weighted by Crippen LogP contribution is 2.21. The molecule has 3 rings (SSSR count). The summed E-state index contributed by atoms with van der Waals surface area (Å²) >= 11 is 0. The van der Waals surface area contributed by atoms with Crippen LogP contribution >= 0.6 is 0 Å². The molecule has 0 amide bonds. The van der Waals surface area contributed by atoms with Crippen molar-refractivity contribution in [2.24, 2.45) is 0 Å². The van der Waals surface area contributed by atoms with Crippen molar-refractivity contribution < 1.29 is 0 Å². The van der Waals surface area contributed by atoms with Gasteiger partial charge in [-0.1, -0.05) is 42.5 Å². The van der Waals surface area contributed by atoms with Crippen molar-refractivity contribution >= 4 is 22.4 Å². The van der Waals surface area contributed by atoms with Gasteiger partial charge in [0.2, 0.25) is 0 Å². The average Bonchev–Trinajstić information content (AvgIpc) is 2.54. The van der Waals surface area contributed by atoms with Crippen LogP contribution in [0.4, 0.5) is 11.6 Å². The molecule has 106 valence electrons. The molecule has 4 nitrogen and oxygen atoms in total. The first-order chi connectivity index (χ1) is 10.3. The van der Waals surface area contributed by atoms with Gasteiger partial charge < -0.3 is 10.6 Å². The lowest BCUT2D eigenvalue weighted by molar-refractivity contribution is 1.06. The molecule has 4 heteroatoms. The van der Waals surface area contributed by atoms with Crippen molar-refractivity contribution in [2.75, 3.05) is 17.7 Å². The molecule has 0 aliphatic carbocycles. The molecule has 0 unspecified atom stereocenters. The number of benzene rings is 2. The van der Waals surface area contributed by atoms with Gasteiger partial charge in [0, 0.05) is 19.2 Å². The number of nitrogens with one attached hydrogen (secondary N) is 2. The Labute approximate surface area is 124 Å². The van der Waals surface area contributed by atoms with Crippen LogP contribution < -0.4 is 10.6 Å². The summed E-state index contributed by atoms with van der Waals surface area (Å²) in [7, 11) is 1.86. The third kappa shape index (κ3) is 2.65. The molecule has 0 fully saturated rings. The van der Waals surface area contributed by atoms with Crippen molar-refractivity contribution in [3.05, 3.63) is 59.9 Å². The van der Waals surface area contributed by atoms with Gasteiger partial charge in [0.25, 0.3) is 0 Å². The molecule has 1 aromatic heterocycles. The molecule has 21 heavy (non-hydrogen) atoms. The highest BCUT2D eigenvalue weighted by Gasteiger charge is 2.06. The van der Waals surface area contributed by atoms with Crippen molar-refractivity contribution in [3.8, 4) is 0 Å². The predicted octanol–water partition coefficient (Wildman–Crippen LogP) is 3.59. The smallest absolute Gasteiger partial charge is 0.134 e. The van der Waals surface area contributed by atoms with E-state index < -0.39 is 0 Å². The monoisotopic (exact) mass is 278 g/mol. The zero-order valence-corrected chi connectivity index (χ0v) is 12.2. The van der Waals surface area contributed by atoms with Crippen LogP contribution in [0.2, 0.25) is 0 Å². The predicted molar refractivity (Wildman–Crippen MR) is 87.6 cm³/mol. The first-order valence-corrected chi connectivity index (χ1v) is 6.99. The summed E-state index contributed by atoms with van der Waals surface area (Å²) in [6.07, 6.45) is 1.57. The van der Waals surface area contributed by atoms with E-state index >= 15 is 0 Å². The number of rotatable bonds is 4. The van der Waals surface area contributed by atoms with E-state index in [9.17, 15) is 0 Å². The summed E-state index contributed by atoms with van der Waals surface area (Å²) in [5.41, 5.74) is 2.29.